The summed E-state index contributed by atoms with van der Waals surface area (Å²) >= 11 is 0. The number of hydrogen-bond acceptors (Lipinski definition) is 7. The molecule has 0 aliphatic carbocycles. The lowest BCUT2D eigenvalue weighted by Crippen LogP contribution is -2.28. The highest BCUT2D eigenvalue weighted by Crippen LogP contribution is 2.57. The van der Waals surface area contributed by atoms with Crippen molar-refractivity contribution in [1.82, 2.24) is 0 Å². The standard InChI is InChI=1S/C26H28O7S/c1-2-31-23(28)11-12-24(29)32-18-34(15-13-30-14-16-34)25-17-22(27)21-10-6-9-20(26(21)33-25)19-7-4-3-5-8-19/h3-10,17H,2,11-16,18H2,1H3. The SMILES string of the molecule is CCOC(=O)CCC(=O)OCS1(c2cc(=O)c3cccc(-c4ccccc4)c3o2)CCOCC1. The van der Waals surface area contributed by atoms with Crippen LogP contribution in [0.4, 0.5) is 0 Å². The van der Waals surface area contributed by atoms with E-state index in [2.05, 4.69) is 0 Å². The van der Waals surface area contributed by atoms with Crippen LogP contribution in [0.5, 0.6) is 0 Å². The highest BCUT2D eigenvalue weighted by molar-refractivity contribution is 8.33. The number of ether oxygens (including phenoxy) is 3. The normalized spacial score (nSPS) is 16.0. The van der Waals surface area contributed by atoms with Crippen LogP contribution >= 0.6 is 10.0 Å². The zero-order chi connectivity index (χ0) is 24.0. The van der Waals surface area contributed by atoms with Gasteiger partial charge in [0.1, 0.15) is 11.5 Å². The van der Waals surface area contributed by atoms with Gasteiger partial charge in [-0.3, -0.25) is 14.4 Å². The van der Waals surface area contributed by atoms with Gasteiger partial charge < -0.3 is 18.6 Å². The van der Waals surface area contributed by atoms with Crippen molar-refractivity contribution in [2.45, 2.75) is 24.9 Å². The molecule has 0 saturated carbocycles. The molecule has 34 heavy (non-hydrogen) atoms. The van der Waals surface area contributed by atoms with Crippen molar-refractivity contribution < 1.29 is 28.2 Å². The van der Waals surface area contributed by atoms with E-state index in [0.29, 0.717) is 40.8 Å². The third-order valence-corrected chi connectivity index (χ3v) is 9.28. The van der Waals surface area contributed by atoms with Crippen molar-refractivity contribution in [3.8, 4) is 11.1 Å². The number of esters is 2. The molecular weight excluding hydrogens is 456 g/mol. The maximum absolute atomic E-state index is 13.1. The number of hydrogen-bond donors (Lipinski definition) is 0. The molecule has 0 radical (unpaired) electrons. The van der Waals surface area contributed by atoms with Gasteiger partial charge in [0.2, 0.25) is 0 Å². The van der Waals surface area contributed by atoms with Gasteiger partial charge in [0.15, 0.2) is 10.5 Å². The van der Waals surface area contributed by atoms with Crippen LogP contribution in [0, 0.1) is 0 Å². The molecule has 2 heterocycles. The fourth-order valence-electron chi connectivity index (χ4n) is 3.92. The fraction of sp³-hybridized carbons (Fsp3) is 0.346. The monoisotopic (exact) mass is 484 g/mol. The summed E-state index contributed by atoms with van der Waals surface area (Å²) in [5.74, 6) is 0.473. The minimum absolute atomic E-state index is 0.0242. The molecule has 4 rings (SSSR count). The molecule has 2 aromatic carbocycles. The summed E-state index contributed by atoms with van der Waals surface area (Å²) in [5.41, 5.74) is 2.20. The topological polar surface area (TPSA) is 92.0 Å². The lowest BCUT2D eigenvalue weighted by Gasteiger charge is -2.40. The third-order valence-electron chi connectivity index (χ3n) is 5.76. The summed E-state index contributed by atoms with van der Waals surface area (Å²) in [6.45, 7) is 2.98. The van der Waals surface area contributed by atoms with Crippen LogP contribution in [0.25, 0.3) is 22.1 Å². The van der Waals surface area contributed by atoms with Crippen molar-refractivity contribution in [2.24, 2.45) is 0 Å². The van der Waals surface area contributed by atoms with E-state index in [4.69, 9.17) is 18.6 Å². The molecule has 1 aromatic heterocycles. The second-order valence-electron chi connectivity index (χ2n) is 7.98. The number of fused-ring (bicyclic) bond motifs is 1. The quantitative estimate of drug-likeness (QED) is 0.435. The minimum Gasteiger partial charge on any atom is -0.466 e. The molecular formula is C26H28O7S. The van der Waals surface area contributed by atoms with E-state index in [-0.39, 0.29) is 30.8 Å². The molecule has 0 unspecified atom stereocenters. The lowest BCUT2D eigenvalue weighted by atomic mass is 10.0. The molecule has 0 bridgehead atoms. The summed E-state index contributed by atoms with van der Waals surface area (Å²) in [5, 5.41) is 1.08. The van der Waals surface area contributed by atoms with Gasteiger partial charge in [-0.25, -0.2) is 0 Å². The number of benzene rings is 2. The van der Waals surface area contributed by atoms with E-state index in [1.165, 1.54) is 0 Å². The molecule has 7 nitrogen and oxygen atoms in total. The second kappa shape index (κ2) is 10.9. The van der Waals surface area contributed by atoms with Gasteiger partial charge in [-0.05, 0) is 18.6 Å². The number of rotatable bonds is 8. The average Bonchev–Trinajstić information content (AvgIpc) is 2.87. The van der Waals surface area contributed by atoms with E-state index in [9.17, 15) is 14.4 Å². The van der Waals surface area contributed by atoms with Crippen LogP contribution in [0.15, 0.2) is 68.9 Å². The highest BCUT2D eigenvalue weighted by Gasteiger charge is 2.34. The van der Waals surface area contributed by atoms with Crippen LogP contribution in [0.3, 0.4) is 0 Å². The molecule has 0 spiro atoms. The van der Waals surface area contributed by atoms with Gasteiger partial charge in [-0.1, -0.05) is 42.5 Å². The van der Waals surface area contributed by atoms with Gasteiger partial charge in [-0.2, -0.15) is 0 Å². The number of para-hydroxylation sites is 1. The summed E-state index contributed by atoms with van der Waals surface area (Å²) < 4.78 is 22.5. The van der Waals surface area contributed by atoms with Crippen LogP contribution < -0.4 is 5.43 Å². The highest BCUT2D eigenvalue weighted by atomic mass is 32.3. The van der Waals surface area contributed by atoms with E-state index in [1.807, 2.05) is 42.5 Å². The summed E-state index contributed by atoms with van der Waals surface area (Å²) in [6, 6.07) is 16.9. The fourth-order valence-corrected chi connectivity index (χ4v) is 6.73. The van der Waals surface area contributed by atoms with Gasteiger partial charge >= 0.3 is 11.9 Å². The zero-order valence-corrected chi connectivity index (χ0v) is 19.9. The van der Waals surface area contributed by atoms with Crippen molar-refractivity contribution in [1.29, 1.82) is 0 Å². The maximum atomic E-state index is 13.1. The summed E-state index contributed by atoms with van der Waals surface area (Å²) in [7, 11) is -1.78. The van der Waals surface area contributed by atoms with Crippen molar-refractivity contribution in [3.63, 3.8) is 0 Å². The summed E-state index contributed by atoms with van der Waals surface area (Å²) in [6.07, 6.45) is -0.0751. The molecule has 1 aliphatic rings. The Bertz CT molecular complexity index is 1210. The first kappa shape index (κ1) is 24.0. The van der Waals surface area contributed by atoms with Crippen molar-refractivity contribution in [3.05, 3.63) is 64.8 Å². The minimum atomic E-state index is -1.78. The summed E-state index contributed by atoms with van der Waals surface area (Å²) in [4.78, 5) is 37.0. The van der Waals surface area contributed by atoms with E-state index >= 15 is 0 Å². The molecule has 3 aromatic rings. The average molecular weight is 485 g/mol. The molecule has 180 valence electrons. The van der Waals surface area contributed by atoms with Gasteiger partial charge in [-0.15, -0.1) is 10.0 Å². The lowest BCUT2D eigenvalue weighted by molar-refractivity contribution is -0.149. The van der Waals surface area contributed by atoms with Crippen molar-refractivity contribution in [2.75, 3.05) is 37.3 Å². The molecule has 1 aliphatic heterocycles. The number of carbonyl (C=O) groups excluding carboxylic acids is 2. The Kier molecular flexibility index (Phi) is 7.70. The van der Waals surface area contributed by atoms with Gasteiger partial charge in [0.05, 0.1) is 38.0 Å². The Balaban J connectivity index is 1.65. The smallest absolute Gasteiger partial charge is 0.307 e. The van der Waals surface area contributed by atoms with Crippen LogP contribution in [0.2, 0.25) is 0 Å². The Labute approximate surface area is 199 Å². The molecule has 1 fully saturated rings. The Morgan fingerprint density at radius 1 is 0.941 bits per heavy atom. The number of carbonyl (C=O) groups is 2. The first-order valence-electron chi connectivity index (χ1n) is 11.3. The van der Waals surface area contributed by atoms with Crippen molar-refractivity contribution >= 4 is 32.9 Å². The molecule has 8 heteroatoms. The Hall–Kier alpha value is -3.10. The predicted molar refractivity (Wildman–Crippen MR) is 131 cm³/mol. The molecule has 0 atom stereocenters. The zero-order valence-electron chi connectivity index (χ0n) is 19.1. The Morgan fingerprint density at radius 3 is 2.35 bits per heavy atom. The Morgan fingerprint density at radius 2 is 1.65 bits per heavy atom. The van der Waals surface area contributed by atoms with E-state index in [0.717, 1.165) is 11.1 Å². The maximum Gasteiger partial charge on any atom is 0.307 e. The van der Waals surface area contributed by atoms with E-state index < -0.39 is 22.0 Å². The molecule has 0 amide bonds. The van der Waals surface area contributed by atoms with Gasteiger partial charge in [0.25, 0.3) is 0 Å². The van der Waals surface area contributed by atoms with E-state index in [1.54, 1.807) is 19.1 Å². The van der Waals surface area contributed by atoms with Gasteiger partial charge in [0, 0.05) is 23.1 Å². The van der Waals surface area contributed by atoms with Crippen LogP contribution in [-0.4, -0.2) is 49.2 Å². The predicted octanol–water partition coefficient (Wildman–Crippen LogP) is 4.50. The second-order valence-corrected chi connectivity index (χ2v) is 11.5. The largest absolute Gasteiger partial charge is 0.466 e. The first-order chi connectivity index (χ1) is 16.5. The van der Waals surface area contributed by atoms with Crippen LogP contribution in [-0.2, 0) is 23.8 Å². The van der Waals surface area contributed by atoms with Crippen LogP contribution in [0.1, 0.15) is 19.8 Å². The molecule has 1 saturated heterocycles. The molecule has 0 N–H and O–H groups in total. The third kappa shape index (κ3) is 5.34. The first-order valence-corrected chi connectivity index (χ1v) is 13.4.